The summed E-state index contributed by atoms with van der Waals surface area (Å²) in [5.41, 5.74) is 0.463. The van der Waals surface area contributed by atoms with Crippen LogP contribution in [0, 0.1) is 0 Å². The van der Waals surface area contributed by atoms with Gasteiger partial charge in [-0.2, -0.15) is 0 Å². The van der Waals surface area contributed by atoms with Gasteiger partial charge in [0.1, 0.15) is 0 Å². The van der Waals surface area contributed by atoms with Crippen molar-refractivity contribution in [3.05, 3.63) is 41.5 Å². The zero-order chi connectivity index (χ0) is 48.8. The van der Waals surface area contributed by atoms with Gasteiger partial charge in [-0.15, -0.1) is 0 Å². The van der Waals surface area contributed by atoms with Crippen molar-refractivity contribution < 1.29 is 31.6 Å². The topological polar surface area (TPSA) is 107 Å². The predicted octanol–water partition coefficient (Wildman–Crippen LogP) is 18.4. The molecule has 0 atom stereocenters. The summed E-state index contributed by atoms with van der Waals surface area (Å²) in [4.78, 5) is 29.4. The monoisotopic (exact) mass is 981 g/mol. The molecule has 384 valence electrons. The first-order valence-electron chi connectivity index (χ1n) is 27.7. The second-order valence-electron chi connectivity index (χ2n) is 20.7. The number of carbonyl (C=O) groups is 2. The van der Waals surface area contributed by atoms with Crippen molar-refractivity contribution in [1.29, 1.82) is 0 Å². The Hall–Kier alpha value is -1.59. The Labute approximate surface area is 407 Å². The Morgan fingerprint density at radius 2 is 0.697 bits per heavy atom. The van der Waals surface area contributed by atoms with Gasteiger partial charge in [-0.3, -0.25) is 0 Å². The summed E-state index contributed by atoms with van der Waals surface area (Å²) in [7, 11) is -4.75. The summed E-state index contributed by atoms with van der Waals surface area (Å²) in [5.74, 6) is -0.864. The molecule has 0 aromatic heterocycles. The fourth-order valence-electron chi connectivity index (χ4n) is 10.7. The maximum absolute atomic E-state index is 14.9. The predicted molar refractivity (Wildman–Crippen MR) is 292 cm³/mol. The van der Waals surface area contributed by atoms with Gasteiger partial charge in [0.05, 0.1) is 0 Å². The Morgan fingerprint density at radius 1 is 0.409 bits per heavy atom. The normalized spacial score (nSPS) is 13.6. The molecular formula is C56H102O7P2S. The first-order valence-corrected chi connectivity index (χ1v) is 35.0. The van der Waals surface area contributed by atoms with E-state index < -0.39 is 29.7 Å². The van der Waals surface area contributed by atoms with E-state index in [0.29, 0.717) is 10.9 Å². The van der Waals surface area contributed by atoms with Gasteiger partial charge in [-0.05, 0) is 0 Å². The molecule has 0 spiro atoms. The number of rotatable bonds is 41. The molecular weight excluding hydrogens is 879 g/mol. The van der Waals surface area contributed by atoms with Crippen LogP contribution in [0.3, 0.4) is 0 Å². The van der Waals surface area contributed by atoms with Crippen molar-refractivity contribution in [2.24, 2.45) is 0 Å². The average Bonchev–Trinajstić information content (AvgIpc) is 3.31. The van der Waals surface area contributed by atoms with E-state index in [9.17, 15) is 22.6 Å². The zero-order valence-electron chi connectivity index (χ0n) is 44.0. The van der Waals surface area contributed by atoms with Crippen LogP contribution in [-0.4, -0.2) is 74.2 Å². The van der Waals surface area contributed by atoms with Gasteiger partial charge in [0.15, 0.2) is 0 Å². The second-order valence-corrected chi connectivity index (χ2v) is 33.5. The molecule has 0 aliphatic rings. The number of benzene rings is 2. The molecule has 0 fully saturated rings. The molecule has 1 N–H and O–H groups in total. The standard InChI is InChI=1S/C56H102O7P2S/c1-9-17-25-27-29-31-33-35-45-64(39-19-11-3,40-20-12-4,41-21-13-5)62-55(57)50-37-38-53-51(47-50)48-52(49-54(53)66(59,60)61)56(58)63-65(42-22-14-6,43-23-15-7,44-24-16-8)46-36-34-32-30-28-26-18-10-2/h37-38,47-49H,9-36,39-46H2,1-8H3,(H,59,60,61). The van der Waals surface area contributed by atoms with E-state index in [0.717, 1.165) is 152 Å². The molecule has 0 unspecified atom stereocenters. The van der Waals surface area contributed by atoms with Gasteiger partial charge in [-0.1, -0.05) is 0 Å². The molecule has 7 nitrogen and oxygen atoms in total. The molecule has 0 aliphatic heterocycles. The van der Waals surface area contributed by atoms with Crippen LogP contribution in [0.25, 0.3) is 10.8 Å². The van der Waals surface area contributed by atoms with E-state index in [1.165, 1.54) is 83.1 Å². The average molecular weight is 981 g/mol. The molecule has 0 aliphatic carbocycles. The van der Waals surface area contributed by atoms with Gasteiger partial charge < -0.3 is 0 Å². The number of fused-ring (bicyclic) bond motifs is 1. The van der Waals surface area contributed by atoms with E-state index in [2.05, 4.69) is 55.4 Å². The summed E-state index contributed by atoms with van der Waals surface area (Å²) in [6.45, 7) is 11.6. The molecule has 0 amide bonds. The van der Waals surface area contributed by atoms with Gasteiger partial charge in [0, 0.05) is 0 Å². The van der Waals surface area contributed by atoms with E-state index in [4.69, 9.17) is 9.05 Å². The molecule has 2 aromatic carbocycles. The van der Waals surface area contributed by atoms with Crippen LogP contribution < -0.4 is 0 Å². The van der Waals surface area contributed by atoms with E-state index >= 15 is 0 Å². The fraction of sp³-hybridized carbons (Fsp3) is 0.786. The zero-order valence-corrected chi connectivity index (χ0v) is 46.6. The first-order chi connectivity index (χ1) is 31.7. The number of carbonyl (C=O) groups excluding carboxylic acids is 2. The molecule has 0 saturated heterocycles. The quantitative estimate of drug-likeness (QED) is 0.0402. The Morgan fingerprint density at radius 3 is 1.03 bits per heavy atom. The summed E-state index contributed by atoms with van der Waals surface area (Å²) >= 11 is 0. The summed E-state index contributed by atoms with van der Waals surface area (Å²) in [6.07, 6.45) is 39.0. The molecule has 66 heavy (non-hydrogen) atoms. The van der Waals surface area contributed by atoms with Crippen LogP contribution in [0.1, 0.15) is 256 Å². The minimum absolute atomic E-state index is 0.109. The number of hydrogen-bond donors (Lipinski definition) is 1. The molecule has 0 heterocycles. The van der Waals surface area contributed by atoms with Gasteiger partial charge in [0.2, 0.25) is 0 Å². The Kier molecular flexibility index (Phi) is 29.0. The van der Waals surface area contributed by atoms with Gasteiger partial charge in [-0.25, -0.2) is 0 Å². The minimum atomic E-state index is -4.75. The van der Waals surface area contributed by atoms with Crippen LogP contribution in [0.2, 0.25) is 0 Å². The van der Waals surface area contributed by atoms with Crippen molar-refractivity contribution in [2.75, 3.05) is 49.3 Å². The van der Waals surface area contributed by atoms with E-state index in [-0.39, 0.29) is 21.8 Å². The SMILES string of the molecule is CCCCCCCCCCP(CCCC)(CCCC)(CCCC)OC(=O)c1ccc2c(S(=O)(=O)O)cc(C(=O)OP(CCCC)(CCCC)(CCCC)CCCCCCCCCC)cc2c1. The molecule has 10 heteroatoms. The van der Waals surface area contributed by atoms with Crippen molar-refractivity contribution in [2.45, 2.75) is 240 Å². The number of unbranched alkanes of at least 4 members (excludes halogenated alkanes) is 20. The molecule has 2 aromatic rings. The maximum atomic E-state index is 14.9. The summed E-state index contributed by atoms with van der Waals surface area (Å²) in [5, 5.41) is 0.675. The number of hydrogen-bond acceptors (Lipinski definition) is 6. The third kappa shape index (κ3) is 19.7. The summed E-state index contributed by atoms with van der Waals surface area (Å²) < 4.78 is 51.4. The molecule has 0 saturated carbocycles. The van der Waals surface area contributed by atoms with Crippen molar-refractivity contribution in [3.8, 4) is 0 Å². The second kappa shape index (κ2) is 31.6. The van der Waals surface area contributed by atoms with Gasteiger partial charge >= 0.3 is 409 Å². The van der Waals surface area contributed by atoms with Crippen LogP contribution in [0.15, 0.2) is 35.2 Å². The molecule has 0 radical (unpaired) electrons. The van der Waals surface area contributed by atoms with E-state index in [1.807, 2.05) is 0 Å². The van der Waals surface area contributed by atoms with Crippen LogP contribution >= 0.6 is 13.7 Å². The molecule has 2 rings (SSSR count). The van der Waals surface area contributed by atoms with Crippen molar-refractivity contribution in [3.63, 3.8) is 0 Å². The fourth-order valence-corrected chi connectivity index (χ4v) is 24.8. The Balaban J connectivity index is 2.72. The summed E-state index contributed by atoms with van der Waals surface area (Å²) in [6, 6.07) is 7.94. The van der Waals surface area contributed by atoms with Crippen LogP contribution in [0.4, 0.5) is 0 Å². The third-order valence-corrected chi connectivity index (χ3v) is 28.8. The van der Waals surface area contributed by atoms with Gasteiger partial charge in [0.25, 0.3) is 0 Å². The Bertz CT molecular complexity index is 1740. The van der Waals surface area contributed by atoms with E-state index in [1.54, 1.807) is 24.3 Å². The third-order valence-electron chi connectivity index (χ3n) is 15.0. The first kappa shape index (κ1) is 60.5. The van der Waals surface area contributed by atoms with Crippen molar-refractivity contribution in [1.82, 2.24) is 0 Å². The van der Waals surface area contributed by atoms with Crippen LogP contribution in [-0.2, 0) is 19.2 Å². The van der Waals surface area contributed by atoms with Crippen molar-refractivity contribution >= 4 is 46.5 Å². The van der Waals surface area contributed by atoms with Crippen LogP contribution in [0.5, 0.6) is 0 Å². The molecule has 0 bridgehead atoms.